The molecule has 1 fully saturated rings. The van der Waals surface area contributed by atoms with Crippen molar-refractivity contribution in [3.05, 3.63) is 35.9 Å². The molecule has 1 atom stereocenters. The van der Waals surface area contributed by atoms with E-state index in [9.17, 15) is 13.9 Å². The van der Waals surface area contributed by atoms with Gasteiger partial charge in [0.05, 0.1) is 12.1 Å². The molecule has 0 amide bonds. The van der Waals surface area contributed by atoms with Crippen LogP contribution in [0.5, 0.6) is 0 Å². The third-order valence-corrected chi connectivity index (χ3v) is 3.45. The number of halogens is 2. The van der Waals surface area contributed by atoms with Crippen LogP contribution in [0.25, 0.3) is 0 Å². The quantitative estimate of drug-likeness (QED) is 0.850. The minimum atomic E-state index is -2.90. The number of benzene rings is 1. The molecule has 19 heavy (non-hydrogen) atoms. The topological polar surface area (TPSA) is 35.5 Å². The predicted octanol–water partition coefficient (Wildman–Crippen LogP) is 1.43. The lowest BCUT2D eigenvalue weighted by atomic mass is 10.0. The van der Waals surface area contributed by atoms with Gasteiger partial charge < -0.3 is 10.4 Å². The highest BCUT2D eigenvalue weighted by atomic mass is 19.3. The molecule has 0 saturated carbocycles. The second kappa shape index (κ2) is 5.53. The first kappa shape index (κ1) is 14.4. The van der Waals surface area contributed by atoms with Gasteiger partial charge in [-0.3, -0.25) is 4.90 Å². The molecule has 0 bridgehead atoms. The summed E-state index contributed by atoms with van der Waals surface area (Å²) >= 11 is 0. The number of hydrogen-bond donors (Lipinski definition) is 2. The molecule has 2 N–H and O–H groups in total. The Morgan fingerprint density at radius 1 is 1.37 bits per heavy atom. The van der Waals surface area contributed by atoms with Crippen molar-refractivity contribution >= 4 is 0 Å². The van der Waals surface area contributed by atoms with Gasteiger partial charge in [-0.25, -0.2) is 0 Å². The molecule has 1 unspecified atom stereocenters. The van der Waals surface area contributed by atoms with Gasteiger partial charge in [0.25, 0.3) is 5.92 Å². The minimum Gasteiger partial charge on any atom is -0.387 e. The zero-order valence-electron chi connectivity index (χ0n) is 11.1. The smallest absolute Gasteiger partial charge is 0.285 e. The van der Waals surface area contributed by atoms with Crippen molar-refractivity contribution < 1.29 is 13.9 Å². The highest BCUT2D eigenvalue weighted by Crippen LogP contribution is 2.29. The monoisotopic (exact) mass is 270 g/mol. The molecule has 0 spiro atoms. The Hall–Kier alpha value is -1.04. The summed E-state index contributed by atoms with van der Waals surface area (Å²) in [5.41, 5.74) is -0.875. The molecule has 1 saturated heterocycles. The Bertz CT molecular complexity index is 405. The van der Waals surface area contributed by atoms with E-state index in [1.807, 2.05) is 0 Å². The van der Waals surface area contributed by atoms with Gasteiger partial charge in [-0.1, -0.05) is 30.3 Å². The number of aliphatic hydroxyl groups is 1. The zero-order valence-corrected chi connectivity index (χ0v) is 11.1. The van der Waals surface area contributed by atoms with Crippen LogP contribution in [0.2, 0.25) is 0 Å². The van der Waals surface area contributed by atoms with Crippen LogP contribution in [0.3, 0.4) is 0 Å². The first-order valence-corrected chi connectivity index (χ1v) is 6.46. The van der Waals surface area contributed by atoms with Crippen molar-refractivity contribution in [3.63, 3.8) is 0 Å². The average molecular weight is 270 g/mol. The molecule has 1 aliphatic rings. The van der Waals surface area contributed by atoms with Crippen LogP contribution in [-0.2, 0) is 5.92 Å². The van der Waals surface area contributed by atoms with E-state index in [2.05, 4.69) is 5.32 Å². The van der Waals surface area contributed by atoms with Gasteiger partial charge in [0, 0.05) is 18.7 Å². The van der Waals surface area contributed by atoms with Crippen LogP contribution < -0.4 is 5.32 Å². The summed E-state index contributed by atoms with van der Waals surface area (Å²) < 4.78 is 28.1. The molecule has 0 radical (unpaired) electrons. The fourth-order valence-corrected chi connectivity index (χ4v) is 2.54. The standard InChI is InChI=1S/C14H20F2N2O/c1-18(10-13(19)7-8-17-9-13)11-14(15,16)12-5-3-2-4-6-12/h2-6,17,19H,7-11H2,1H3. The Kier molecular flexibility index (Phi) is 4.18. The SMILES string of the molecule is CN(CC1(O)CCNC1)CC(F)(F)c1ccccc1. The molecule has 1 aromatic rings. The van der Waals surface area contributed by atoms with E-state index >= 15 is 0 Å². The lowest BCUT2D eigenvalue weighted by molar-refractivity contribution is -0.0519. The molecule has 0 aliphatic carbocycles. The summed E-state index contributed by atoms with van der Waals surface area (Å²) in [6, 6.07) is 7.80. The molecule has 0 aromatic heterocycles. The largest absolute Gasteiger partial charge is 0.387 e. The highest BCUT2D eigenvalue weighted by Gasteiger charge is 2.37. The van der Waals surface area contributed by atoms with Crippen molar-refractivity contribution in [1.29, 1.82) is 0 Å². The molecule has 3 nitrogen and oxygen atoms in total. The van der Waals surface area contributed by atoms with Crippen LogP contribution in [0, 0.1) is 0 Å². The summed E-state index contributed by atoms with van der Waals surface area (Å²) in [5, 5.41) is 13.2. The minimum absolute atomic E-state index is 0.0124. The number of nitrogens with zero attached hydrogens (tertiary/aromatic N) is 1. The Balaban J connectivity index is 1.96. The summed E-state index contributed by atoms with van der Waals surface area (Å²) in [6.45, 7) is 1.06. The van der Waals surface area contributed by atoms with E-state index in [4.69, 9.17) is 0 Å². The Morgan fingerprint density at radius 3 is 2.63 bits per heavy atom. The molecule has 1 aromatic carbocycles. The van der Waals surface area contributed by atoms with Crippen molar-refractivity contribution in [1.82, 2.24) is 10.2 Å². The number of hydrogen-bond acceptors (Lipinski definition) is 3. The van der Waals surface area contributed by atoms with E-state index in [1.165, 1.54) is 17.0 Å². The van der Waals surface area contributed by atoms with Crippen LogP contribution >= 0.6 is 0 Å². The second-order valence-corrected chi connectivity index (χ2v) is 5.39. The van der Waals surface area contributed by atoms with Crippen molar-refractivity contribution in [2.24, 2.45) is 0 Å². The lowest BCUT2D eigenvalue weighted by Crippen LogP contribution is -2.46. The first-order chi connectivity index (χ1) is 8.91. The molecule has 2 rings (SSSR count). The predicted molar refractivity (Wildman–Crippen MR) is 70.3 cm³/mol. The third-order valence-electron chi connectivity index (χ3n) is 3.45. The average Bonchev–Trinajstić information content (AvgIpc) is 2.76. The van der Waals surface area contributed by atoms with Gasteiger partial charge in [-0.05, 0) is 20.0 Å². The molecular weight excluding hydrogens is 250 g/mol. The van der Waals surface area contributed by atoms with Crippen LogP contribution in [-0.4, -0.2) is 48.8 Å². The van der Waals surface area contributed by atoms with Gasteiger partial charge in [-0.2, -0.15) is 8.78 Å². The fraction of sp³-hybridized carbons (Fsp3) is 0.571. The highest BCUT2D eigenvalue weighted by molar-refractivity contribution is 5.20. The van der Waals surface area contributed by atoms with E-state index in [-0.39, 0.29) is 18.7 Å². The van der Waals surface area contributed by atoms with Crippen LogP contribution in [0.15, 0.2) is 30.3 Å². The van der Waals surface area contributed by atoms with Crippen molar-refractivity contribution in [2.45, 2.75) is 17.9 Å². The maximum absolute atomic E-state index is 14.1. The molecule has 5 heteroatoms. The van der Waals surface area contributed by atoms with E-state index in [0.717, 1.165) is 6.54 Å². The number of rotatable bonds is 5. The molecule has 106 valence electrons. The summed E-state index contributed by atoms with van der Waals surface area (Å²) in [4.78, 5) is 1.50. The van der Waals surface area contributed by atoms with E-state index in [1.54, 1.807) is 25.2 Å². The van der Waals surface area contributed by atoms with Gasteiger partial charge >= 0.3 is 0 Å². The summed E-state index contributed by atoms with van der Waals surface area (Å²) in [6.07, 6.45) is 0.605. The summed E-state index contributed by atoms with van der Waals surface area (Å²) in [5.74, 6) is -2.90. The van der Waals surface area contributed by atoms with Crippen LogP contribution in [0.4, 0.5) is 8.78 Å². The first-order valence-electron chi connectivity index (χ1n) is 6.46. The molecule has 1 heterocycles. The normalized spacial score (nSPS) is 24.1. The Morgan fingerprint density at radius 2 is 2.05 bits per heavy atom. The van der Waals surface area contributed by atoms with E-state index < -0.39 is 11.5 Å². The van der Waals surface area contributed by atoms with Gasteiger partial charge in [0.2, 0.25) is 0 Å². The fourth-order valence-electron chi connectivity index (χ4n) is 2.54. The maximum Gasteiger partial charge on any atom is 0.285 e. The van der Waals surface area contributed by atoms with Gasteiger partial charge in [0.15, 0.2) is 0 Å². The molecule has 1 aliphatic heterocycles. The van der Waals surface area contributed by atoms with Gasteiger partial charge in [0.1, 0.15) is 0 Å². The van der Waals surface area contributed by atoms with Crippen molar-refractivity contribution in [3.8, 4) is 0 Å². The number of nitrogens with one attached hydrogen (secondary N) is 1. The second-order valence-electron chi connectivity index (χ2n) is 5.39. The van der Waals surface area contributed by atoms with Crippen LogP contribution in [0.1, 0.15) is 12.0 Å². The molecular formula is C14H20F2N2O. The lowest BCUT2D eigenvalue weighted by Gasteiger charge is -2.30. The van der Waals surface area contributed by atoms with Gasteiger partial charge in [-0.15, -0.1) is 0 Å². The summed E-state index contributed by atoms with van der Waals surface area (Å²) in [7, 11) is 1.62. The Labute approximate surface area is 112 Å². The third kappa shape index (κ3) is 3.72. The zero-order chi connectivity index (χ0) is 13.9. The number of alkyl halides is 2. The van der Waals surface area contributed by atoms with Crippen molar-refractivity contribution in [2.75, 3.05) is 33.2 Å². The number of likely N-dealkylation sites (N-methyl/N-ethyl adjacent to an activating group) is 1. The number of β-amino-alcohol motifs (C(OH)–C–C–N with tert-alkyl or cyclic N) is 1. The maximum atomic E-state index is 14.1. The van der Waals surface area contributed by atoms with E-state index in [0.29, 0.717) is 13.0 Å².